The van der Waals surface area contributed by atoms with E-state index in [-0.39, 0.29) is 17.6 Å². The lowest BCUT2D eigenvalue weighted by molar-refractivity contribution is -0.138. The second-order valence-electron chi connectivity index (χ2n) is 6.24. The van der Waals surface area contributed by atoms with Crippen LogP contribution in [-0.2, 0) is 19.6 Å². The number of carbonyl (C=O) groups excluding carboxylic acids is 1. The zero-order valence-corrected chi connectivity index (χ0v) is 15.1. The van der Waals surface area contributed by atoms with Crippen LogP contribution in [-0.4, -0.2) is 69.2 Å². The van der Waals surface area contributed by atoms with Crippen molar-refractivity contribution >= 4 is 15.9 Å². The molecule has 22 heavy (non-hydrogen) atoms. The lowest BCUT2D eigenvalue weighted by atomic mass is 9.96. The molecule has 1 saturated heterocycles. The van der Waals surface area contributed by atoms with Crippen molar-refractivity contribution in [3.63, 3.8) is 0 Å². The van der Waals surface area contributed by atoms with E-state index in [0.29, 0.717) is 45.0 Å². The Kier molecular flexibility index (Phi) is 7.79. The van der Waals surface area contributed by atoms with Gasteiger partial charge in [-0.15, -0.1) is 0 Å². The van der Waals surface area contributed by atoms with E-state index in [1.54, 1.807) is 14.0 Å². The van der Waals surface area contributed by atoms with Gasteiger partial charge in [-0.05, 0) is 25.7 Å². The fourth-order valence-corrected chi connectivity index (χ4v) is 3.89. The van der Waals surface area contributed by atoms with Gasteiger partial charge in [-0.25, -0.2) is 12.7 Å². The Hall–Kier alpha value is -0.660. The third-order valence-electron chi connectivity index (χ3n) is 4.02. The molecule has 130 valence electrons. The molecule has 0 aromatic carbocycles. The summed E-state index contributed by atoms with van der Waals surface area (Å²) in [5, 5.41) is 0. The van der Waals surface area contributed by atoms with Gasteiger partial charge < -0.3 is 9.64 Å². The van der Waals surface area contributed by atoms with Gasteiger partial charge in [0.15, 0.2) is 0 Å². The van der Waals surface area contributed by atoms with Crippen LogP contribution in [0.1, 0.15) is 33.6 Å². The molecule has 0 atom stereocenters. The second-order valence-corrected chi connectivity index (χ2v) is 8.50. The number of ether oxygens (including phenoxy) is 1. The van der Waals surface area contributed by atoms with Crippen molar-refractivity contribution in [2.24, 2.45) is 11.8 Å². The average molecular weight is 334 g/mol. The van der Waals surface area contributed by atoms with E-state index in [1.807, 2.05) is 4.90 Å². The van der Waals surface area contributed by atoms with Crippen LogP contribution >= 0.6 is 0 Å². The topological polar surface area (TPSA) is 66.9 Å². The van der Waals surface area contributed by atoms with Crippen molar-refractivity contribution in [3.8, 4) is 0 Å². The summed E-state index contributed by atoms with van der Waals surface area (Å²) >= 11 is 0. The van der Waals surface area contributed by atoms with Gasteiger partial charge in [0, 0.05) is 39.2 Å². The van der Waals surface area contributed by atoms with E-state index >= 15 is 0 Å². The lowest BCUT2D eigenvalue weighted by Gasteiger charge is -2.34. The highest BCUT2D eigenvalue weighted by molar-refractivity contribution is 7.89. The van der Waals surface area contributed by atoms with Crippen LogP contribution < -0.4 is 0 Å². The van der Waals surface area contributed by atoms with Crippen molar-refractivity contribution in [1.29, 1.82) is 0 Å². The Balaban J connectivity index is 2.61. The summed E-state index contributed by atoms with van der Waals surface area (Å²) in [6.07, 6.45) is 1.22. The lowest BCUT2D eigenvalue weighted by Crippen LogP contribution is -2.46. The summed E-state index contributed by atoms with van der Waals surface area (Å²) in [6, 6.07) is 0. The van der Waals surface area contributed by atoms with E-state index in [2.05, 4.69) is 13.8 Å². The molecule has 1 fully saturated rings. The first-order chi connectivity index (χ1) is 10.3. The van der Waals surface area contributed by atoms with Crippen LogP contribution in [0.15, 0.2) is 0 Å². The minimum atomic E-state index is -3.14. The smallest absolute Gasteiger partial charge is 0.225 e. The molecule has 0 radical (unpaired) electrons. The molecule has 0 unspecified atom stereocenters. The number of nitrogens with zero attached hydrogens (tertiary/aromatic N) is 2. The zero-order valence-electron chi connectivity index (χ0n) is 14.2. The van der Waals surface area contributed by atoms with Crippen molar-refractivity contribution in [1.82, 2.24) is 9.21 Å². The minimum absolute atomic E-state index is 0.0705. The van der Waals surface area contributed by atoms with Gasteiger partial charge in [-0.2, -0.15) is 0 Å². The quantitative estimate of drug-likeness (QED) is 0.668. The standard InChI is InChI=1S/C15H30N2O4S/c1-5-22(19,20)17-8-6-14(7-9-17)15(18)16(10-11-21-4)12-13(2)3/h13-14H,5-12H2,1-4H3. The predicted molar refractivity (Wildman–Crippen MR) is 87.1 cm³/mol. The van der Waals surface area contributed by atoms with Crippen LogP contribution in [0.25, 0.3) is 0 Å². The number of rotatable bonds is 8. The summed E-state index contributed by atoms with van der Waals surface area (Å²) in [5.74, 6) is 0.596. The maximum absolute atomic E-state index is 12.7. The highest BCUT2D eigenvalue weighted by Gasteiger charge is 2.32. The van der Waals surface area contributed by atoms with Crippen LogP contribution in [0.4, 0.5) is 0 Å². The maximum Gasteiger partial charge on any atom is 0.225 e. The Morgan fingerprint density at radius 1 is 1.32 bits per heavy atom. The first-order valence-electron chi connectivity index (χ1n) is 8.07. The molecule has 0 aromatic rings. The number of sulfonamides is 1. The van der Waals surface area contributed by atoms with E-state index < -0.39 is 10.0 Å². The second kappa shape index (κ2) is 8.84. The molecule has 0 N–H and O–H groups in total. The first kappa shape index (κ1) is 19.4. The van der Waals surface area contributed by atoms with E-state index in [0.717, 1.165) is 6.54 Å². The third-order valence-corrected chi connectivity index (χ3v) is 5.91. The fourth-order valence-electron chi connectivity index (χ4n) is 2.76. The Morgan fingerprint density at radius 2 is 1.91 bits per heavy atom. The molecule has 0 aliphatic carbocycles. The Morgan fingerprint density at radius 3 is 2.36 bits per heavy atom. The van der Waals surface area contributed by atoms with Crippen LogP contribution in [0.5, 0.6) is 0 Å². The molecule has 1 aliphatic heterocycles. The molecular weight excluding hydrogens is 304 g/mol. The molecule has 0 bridgehead atoms. The molecular formula is C15H30N2O4S. The number of carbonyl (C=O) groups is 1. The molecule has 0 saturated carbocycles. The predicted octanol–water partition coefficient (Wildman–Crippen LogP) is 1.18. The van der Waals surface area contributed by atoms with E-state index in [1.165, 1.54) is 4.31 Å². The van der Waals surface area contributed by atoms with Crippen molar-refractivity contribution in [2.45, 2.75) is 33.6 Å². The normalized spacial score (nSPS) is 17.9. The van der Waals surface area contributed by atoms with E-state index in [4.69, 9.17) is 4.74 Å². The number of piperidine rings is 1. The summed E-state index contributed by atoms with van der Waals surface area (Å²) in [5.41, 5.74) is 0. The Labute approximate surface area is 134 Å². The SMILES string of the molecule is CCS(=O)(=O)N1CCC(C(=O)N(CCOC)CC(C)C)CC1. The molecule has 0 aromatic heterocycles. The minimum Gasteiger partial charge on any atom is -0.383 e. The number of methoxy groups -OCH3 is 1. The van der Waals surface area contributed by atoms with Gasteiger partial charge in [0.2, 0.25) is 15.9 Å². The molecule has 6 nitrogen and oxygen atoms in total. The molecule has 1 aliphatic rings. The first-order valence-corrected chi connectivity index (χ1v) is 9.68. The number of hydrogen-bond donors (Lipinski definition) is 0. The van der Waals surface area contributed by atoms with E-state index in [9.17, 15) is 13.2 Å². The van der Waals surface area contributed by atoms with Gasteiger partial charge in [-0.1, -0.05) is 13.8 Å². The monoisotopic (exact) mass is 334 g/mol. The van der Waals surface area contributed by atoms with Crippen LogP contribution in [0, 0.1) is 11.8 Å². The highest BCUT2D eigenvalue weighted by Crippen LogP contribution is 2.22. The zero-order chi connectivity index (χ0) is 16.8. The van der Waals surface area contributed by atoms with Crippen LogP contribution in [0.3, 0.4) is 0 Å². The number of amides is 1. The van der Waals surface area contributed by atoms with Crippen molar-refractivity contribution in [2.75, 3.05) is 45.6 Å². The number of hydrogen-bond acceptors (Lipinski definition) is 4. The molecule has 0 spiro atoms. The summed E-state index contributed by atoms with van der Waals surface area (Å²) < 4.78 is 30.3. The maximum atomic E-state index is 12.7. The van der Waals surface area contributed by atoms with Gasteiger partial charge in [0.05, 0.1) is 12.4 Å². The summed E-state index contributed by atoms with van der Waals surface area (Å²) in [4.78, 5) is 14.5. The van der Waals surface area contributed by atoms with Gasteiger partial charge in [0.1, 0.15) is 0 Å². The molecule has 7 heteroatoms. The molecule has 1 amide bonds. The third kappa shape index (κ3) is 5.52. The summed E-state index contributed by atoms with van der Waals surface area (Å²) in [6.45, 7) is 8.58. The fraction of sp³-hybridized carbons (Fsp3) is 0.933. The largest absolute Gasteiger partial charge is 0.383 e. The summed E-state index contributed by atoms with van der Waals surface area (Å²) in [7, 11) is -1.50. The van der Waals surface area contributed by atoms with Gasteiger partial charge in [0.25, 0.3) is 0 Å². The average Bonchev–Trinajstić information content (AvgIpc) is 2.50. The molecule has 1 heterocycles. The van der Waals surface area contributed by atoms with Gasteiger partial charge in [-0.3, -0.25) is 4.79 Å². The molecule has 1 rings (SSSR count). The Bertz CT molecular complexity index is 442. The van der Waals surface area contributed by atoms with Gasteiger partial charge >= 0.3 is 0 Å². The highest BCUT2D eigenvalue weighted by atomic mass is 32.2. The van der Waals surface area contributed by atoms with Crippen molar-refractivity contribution in [3.05, 3.63) is 0 Å². The van der Waals surface area contributed by atoms with Crippen molar-refractivity contribution < 1.29 is 17.9 Å². The van der Waals surface area contributed by atoms with Crippen LogP contribution in [0.2, 0.25) is 0 Å².